The number of aromatic nitrogens is 3. The van der Waals surface area contributed by atoms with E-state index in [0.29, 0.717) is 16.7 Å². The Hall–Kier alpha value is -3.44. The van der Waals surface area contributed by atoms with Crippen LogP contribution >= 0.6 is 0 Å². The zero-order valence-corrected chi connectivity index (χ0v) is 21.1. The van der Waals surface area contributed by atoms with Gasteiger partial charge >= 0.3 is 6.18 Å². The Morgan fingerprint density at radius 1 is 1.08 bits per heavy atom. The van der Waals surface area contributed by atoms with E-state index in [1.54, 1.807) is 18.2 Å². The molecule has 11 heteroatoms. The Morgan fingerprint density at radius 3 is 2.68 bits per heavy atom. The minimum Gasteiger partial charge on any atom is -0.383 e. The number of alkyl halides is 3. The molecule has 8 nitrogen and oxygen atoms in total. The molecule has 2 aliphatic heterocycles. The van der Waals surface area contributed by atoms with Gasteiger partial charge in [0.05, 0.1) is 23.3 Å². The smallest absolute Gasteiger partial charge is 0.383 e. The molecule has 3 aromatic rings. The van der Waals surface area contributed by atoms with Crippen LogP contribution in [-0.4, -0.2) is 45.5 Å². The molecule has 4 N–H and O–H groups in total. The SMILES string of the molecule is CC1(C)OC2CC(N3CCc4c(N)ncnc43)CC2[C@@H](/C=C/c2ccc3cc(C(F)(F)F)c(N)nc3c2)O1. The predicted octanol–water partition coefficient (Wildman–Crippen LogP) is 4.58. The second kappa shape index (κ2) is 8.81. The number of nitrogen functional groups attached to an aromatic ring is 2. The van der Waals surface area contributed by atoms with Gasteiger partial charge in [-0.05, 0) is 50.8 Å². The van der Waals surface area contributed by atoms with Crippen LogP contribution in [0.4, 0.5) is 30.6 Å². The number of rotatable bonds is 3. The largest absolute Gasteiger partial charge is 0.419 e. The maximum Gasteiger partial charge on any atom is 0.419 e. The molecule has 0 amide bonds. The quantitative estimate of drug-likeness (QED) is 0.510. The number of hydrogen-bond donors (Lipinski definition) is 2. The molecule has 0 radical (unpaired) electrons. The molecule has 1 aromatic carbocycles. The van der Waals surface area contributed by atoms with Crippen LogP contribution in [0.1, 0.15) is 43.4 Å². The van der Waals surface area contributed by atoms with Crippen LogP contribution in [0.3, 0.4) is 0 Å². The van der Waals surface area contributed by atoms with Crippen molar-refractivity contribution in [3.05, 3.63) is 53.4 Å². The van der Waals surface area contributed by atoms with Gasteiger partial charge < -0.3 is 25.8 Å². The third-order valence-corrected chi connectivity index (χ3v) is 7.73. The van der Waals surface area contributed by atoms with Crippen molar-refractivity contribution in [1.82, 2.24) is 15.0 Å². The summed E-state index contributed by atoms with van der Waals surface area (Å²) in [5.74, 6) is 0.293. The summed E-state index contributed by atoms with van der Waals surface area (Å²) in [5.41, 5.74) is 13.0. The topological polar surface area (TPSA) is 112 Å². The zero-order valence-electron chi connectivity index (χ0n) is 21.1. The van der Waals surface area contributed by atoms with Gasteiger partial charge in [-0.25, -0.2) is 15.0 Å². The zero-order chi connectivity index (χ0) is 26.8. The normalized spacial score (nSPS) is 26.7. The van der Waals surface area contributed by atoms with Crippen molar-refractivity contribution in [3.63, 3.8) is 0 Å². The Balaban J connectivity index is 1.24. The first-order valence-corrected chi connectivity index (χ1v) is 12.7. The maximum atomic E-state index is 13.2. The number of pyridine rings is 1. The Bertz CT molecular complexity index is 1430. The summed E-state index contributed by atoms with van der Waals surface area (Å²) < 4.78 is 52.3. The lowest BCUT2D eigenvalue weighted by Gasteiger charge is -2.42. The van der Waals surface area contributed by atoms with E-state index in [1.165, 1.54) is 6.33 Å². The summed E-state index contributed by atoms with van der Waals surface area (Å²) in [5, 5.41) is 0.376. The second-order valence-corrected chi connectivity index (χ2v) is 10.7. The van der Waals surface area contributed by atoms with Gasteiger partial charge in [0.2, 0.25) is 0 Å². The van der Waals surface area contributed by atoms with Gasteiger partial charge in [0.15, 0.2) is 5.79 Å². The molecule has 200 valence electrons. The summed E-state index contributed by atoms with van der Waals surface area (Å²) in [4.78, 5) is 15.0. The van der Waals surface area contributed by atoms with E-state index in [1.807, 2.05) is 26.0 Å². The van der Waals surface area contributed by atoms with Crippen LogP contribution in [0.5, 0.6) is 0 Å². The molecule has 1 saturated carbocycles. The van der Waals surface area contributed by atoms with E-state index in [4.69, 9.17) is 20.9 Å². The van der Waals surface area contributed by atoms with Crippen molar-refractivity contribution in [2.45, 2.75) is 63.3 Å². The Kier molecular flexibility index (Phi) is 5.76. The van der Waals surface area contributed by atoms with E-state index in [0.717, 1.165) is 48.8 Å². The number of halogens is 3. The lowest BCUT2D eigenvalue weighted by molar-refractivity contribution is -0.305. The van der Waals surface area contributed by atoms with Crippen LogP contribution in [0.2, 0.25) is 0 Å². The number of fused-ring (bicyclic) bond motifs is 3. The minimum atomic E-state index is -4.55. The number of hydrogen-bond acceptors (Lipinski definition) is 8. The number of benzene rings is 1. The van der Waals surface area contributed by atoms with E-state index in [-0.39, 0.29) is 24.2 Å². The third kappa shape index (κ3) is 4.43. The molecule has 4 heterocycles. The standard InChI is InChI=1S/C27H29F3N6O2/c1-26(2)37-21(6-4-14-3-5-15-10-19(27(28,29)30)24(32)35-20(15)9-14)18-11-16(12-22(18)38-26)36-8-7-17-23(31)33-13-34-25(17)36/h3-6,9-10,13,16,18,21-22H,7-8,11-12H2,1-2H3,(H2,32,35)(H2,31,33,34)/b6-4+/t16?,18?,21-,22?/m1/s1. The van der Waals surface area contributed by atoms with Gasteiger partial charge in [-0.3, -0.25) is 0 Å². The number of ether oxygens (including phenoxy) is 2. The van der Waals surface area contributed by atoms with Crippen molar-refractivity contribution in [2.24, 2.45) is 5.92 Å². The van der Waals surface area contributed by atoms with Crippen molar-refractivity contribution in [1.29, 1.82) is 0 Å². The molecule has 38 heavy (non-hydrogen) atoms. The molecule has 1 saturated heterocycles. The van der Waals surface area contributed by atoms with Gasteiger partial charge in [0, 0.05) is 29.5 Å². The summed E-state index contributed by atoms with van der Waals surface area (Å²) >= 11 is 0. The maximum absolute atomic E-state index is 13.2. The van der Waals surface area contributed by atoms with E-state index >= 15 is 0 Å². The first-order valence-electron chi connectivity index (χ1n) is 12.7. The molecule has 0 bridgehead atoms. The van der Waals surface area contributed by atoms with E-state index in [9.17, 15) is 13.2 Å². The average Bonchev–Trinajstić information content (AvgIpc) is 3.45. The van der Waals surface area contributed by atoms with Crippen LogP contribution < -0.4 is 16.4 Å². The fourth-order valence-corrected chi connectivity index (χ4v) is 6.06. The first-order chi connectivity index (χ1) is 18.0. The van der Waals surface area contributed by atoms with Crippen molar-refractivity contribution in [3.8, 4) is 0 Å². The predicted molar refractivity (Wildman–Crippen MR) is 138 cm³/mol. The highest BCUT2D eigenvalue weighted by molar-refractivity contribution is 5.84. The van der Waals surface area contributed by atoms with Crippen LogP contribution in [0.25, 0.3) is 17.0 Å². The average molecular weight is 527 g/mol. The molecule has 1 aliphatic carbocycles. The van der Waals surface area contributed by atoms with Crippen LogP contribution in [-0.2, 0) is 22.1 Å². The summed E-state index contributed by atoms with van der Waals surface area (Å²) in [6.45, 7) is 4.67. The molecule has 6 rings (SSSR count). The van der Waals surface area contributed by atoms with Crippen molar-refractivity contribution < 1.29 is 22.6 Å². The first kappa shape index (κ1) is 24.9. The summed E-state index contributed by atoms with van der Waals surface area (Å²) in [6, 6.07) is 6.39. The molecule has 3 aliphatic rings. The number of nitrogens with two attached hydrogens (primary N) is 2. The Labute approximate surface area is 217 Å². The van der Waals surface area contributed by atoms with Crippen molar-refractivity contribution >= 4 is 34.4 Å². The van der Waals surface area contributed by atoms with Gasteiger partial charge in [-0.15, -0.1) is 0 Å². The van der Waals surface area contributed by atoms with Gasteiger partial charge in [-0.2, -0.15) is 13.2 Å². The highest BCUT2D eigenvalue weighted by atomic mass is 19.4. The minimum absolute atomic E-state index is 0.0143. The van der Waals surface area contributed by atoms with Crippen molar-refractivity contribution in [2.75, 3.05) is 22.9 Å². The van der Waals surface area contributed by atoms with Gasteiger partial charge in [-0.1, -0.05) is 24.3 Å². The van der Waals surface area contributed by atoms with E-state index < -0.39 is 23.3 Å². The molecular formula is C27H29F3N6O2. The highest BCUT2D eigenvalue weighted by Gasteiger charge is 2.49. The van der Waals surface area contributed by atoms with E-state index in [2.05, 4.69) is 19.9 Å². The lowest BCUT2D eigenvalue weighted by Crippen LogP contribution is -2.48. The molecular weight excluding hydrogens is 497 g/mol. The van der Waals surface area contributed by atoms with Crippen LogP contribution in [0.15, 0.2) is 36.7 Å². The number of anilines is 3. The third-order valence-electron chi connectivity index (χ3n) is 7.73. The Morgan fingerprint density at radius 2 is 1.89 bits per heavy atom. The highest BCUT2D eigenvalue weighted by Crippen LogP contribution is 2.45. The monoisotopic (exact) mass is 526 g/mol. The molecule has 2 fully saturated rings. The molecule has 4 atom stereocenters. The molecule has 0 spiro atoms. The second-order valence-electron chi connectivity index (χ2n) is 10.7. The lowest BCUT2D eigenvalue weighted by atomic mass is 9.94. The van der Waals surface area contributed by atoms with Crippen LogP contribution in [0, 0.1) is 5.92 Å². The molecule has 3 unspecified atom stereocenters. The van der Waals surface area contributed by atoms with Gasteiger partial charge in [0.25, 0.3) is 0 Å². The summed E-state index contributed by atoms with van der Waals surface area (Å²) in [7, 11) is 0. The fraction of sp³-hybridized carbons (Fsp3) is 0.444. The molecule has 2 aromatic heterocycles. The summed E-state index contributed by atoms with van der Waals surface area (Å²) in [6.07, 6.45) is 3.25. The van der Waals surface area contributed by atoms with Gasteiger partial charge in [0.1, 0.15) is 23.8 Å². The fourth-order valence-electron chi connectivity index (χ4n) is 6.06. The number of nitrogens with zero attached hydrogens (tertiary/aromatic N) is 4.